The van der Waals surface area contributed by atoms with E-state index in [0.717, 1.165) is 19.8 Å². The molecular formula is C14H14Br2N2O3. The van der Waals surface area contributed by atoms with Crippen LogP contribution in [0.2, 0.25) is 0 Å². The van der Waals surface area contributed by atoms with Gasteiger partial charge in [0.15, 0.2) is 0 Å². The quantitative estimate of drug-likeness (QED) is 0.709. The minimum Gasteiger partial charge on any atom is -0.480 e. The SMILES string of the molecule is CCC(C)(NC(=O)c1c[nH]c2cc(Br)c(Br)cc12)C(=O)O. The zero-order valence-electron chi connectivity index (χ0n) is 11.5. The molecule has 0 bridgehead atoms. The Morgan fingerprint density at radius 2 is 1.95 bits per heavy atom. The molecule has 0 aliphatic heterocycles. The number of benzene rings is 1. The van der Waals surface area contributed by atoms with Gasteiger partial charge in [-0.2, -0.15) is 0 Å². The number of hydrogen-bond acceptors (Lipinski definition) is 2. The summed E-state index contributed by atoms with van der Waals surface area (Å²) in [6.45, 7) is 3.21. The molecule has 1 atom stereocenters. The third-order valence-electron chi connectivity index (χ3n) is 3.54. The van der Waals surface area contributed by atoms with Crippen LogP contribution in [0, 0.1) is 0 Å². The van der Waals surface area contributed by atoms with Crippen molar-refractivity contribution in [3.8, 4) is 0 Å². The van der Waals surface area contributed by atoms with Gasteiger partial charge in [-0.05, 0) is 57.3 Å². The predicted molar refractivity (Wildman–Crippen MR) is 87.5 cm³/mol. The maximum atomic E-state index is 12.4. The van der Waals surface area contributed by atoms with Gasteiger partial charge in [0.1, 0.15) is 5.54 Å². The number of H-pyrrole nitrogens is 1. The number of rotatable bonds is 4. The molecule has 1 unspecified atom stereocenters. The summed E-state index contributed by atoms with van der Waals surface area (Å²) >= 11 is 6.79. The molecule has 7 heteroatoms. The van der Waals surface area contributed by atoms with Gasteiger partial charge >= 0.3 is 5.97 Å². The molecule has 1 heterocycles. The van der Waals surface area contributed by atoms with E-state index in [4.69, 9.17) is 0 Å². The fraction of sp³-hybridized carbons (Fsp3) is 0.286. The van der Waals surface area contributed by atoms with Crippen LogP contribution in [0.15, 0.2) is 27.3 Å². The molecule has 1 amide bonds. The van der Waals surface area contributed by atoms with E-state index in [1.807, 2.05) is 12.1 Å². The van der Waals surface area contributed by atoms with Gasteiger partial charge in [0.2, 0.25) is 0 Å². The van der Waals surface area contributed by atoms with Crippen LogP contribution >= 0.6 is 31.9 Å². The van der Waals surface area contributed by atoms with Crippen LogP contribution < -0.4 is 5.32 Å². The first-order valence-electron chi connectivity index (χ1n) is 6.30. The molecule has 0 spiro atoms. The molecule has 21 heavy (non-hydrogen) atoms. The topological polar surface area (TPSA) is 82.2 Å². The van der Waals surface area contributed by atoms with Gasteiger partial charge in [0.05, 0.1) is 5.56 Å². The average Bonchev–Trinajstić information content (AvgIpc) is 2.81. The highest BCUT2D eigenvalue weighted by molar-refractivity contribution is 9.13. The smallest absolute Gasteiger partial charge is 0.329 e. The van der Waals surface area contributed by atoms with E-state index in [2.05, 4.69) is 42.2 Å². The van der Waals surface area contributed by atoms with Crippen LogP contribution in [0.5, 0.6) is 0 Å². The monoisotopic (exact) mass is 416 g/mol. The minimum atomic E-state index is -1.28. The lowest BCUT2D eigenvalue weighted by molar-refractivity contribution is -0.143. The van der Waals surface area contributed by atoms with Crippen molar-refractivity contribution in [3.05, 3.63) is 32.8 Å². The number of hydrogen-bond donors (Lipinski definition) is 3. The molecule has 0 radical (unpaired) electrons. The number of halogens is 2. The van der Waals surface area contributed by atoms with E-state index in [1.54, 1.807) is 13.1 Å². The van der Waals surface area contributed by atoms with Gasteiger partial charge in [-0.1, -0.05) is 6.92 Å². The van der Waals surface area contributed by atoms with Crippen LogP contribution in [-0.4, -0.2) is 27.5 Å². The number of carboxylic acid groups (broad SMARTS) is 1. The molecule has 0 saturated heterocycles. The van der Waals surface area contributed by atoms with Crippen molar-refractivity contribution in [3.63, 3.8) is 0 Å². The van der Waals surface area contributed by atoms with Crippen molar-refractivity contribution >= 4 is 54.6 Å². The average molecular weight is 418 g/mol. The lowest BCUT2D eigenvalue weighted by Crippen LogP contribution is -2.51. The number of fused-ring (bicyclic) bond motifs is 1. The van der Waals surface area contributed by atoms with Crippen molar-refractivity contribution in [2.75, 3.05) is 0 Å². The number of carbonyl (C=O) groups excluding carboxylic acids is 1. The summed E-state index contributed by atoms with van der Waals surface area (Å²) in [6.07, 6.45) is 1.88. The molecular weight excluding hydrogens is 404 g/mol. The number of aliphatic carboxylic acids is 1. The summed E-state index contributed by atoms with van der Waals surface area (Å²) in [5.41, 5.74) is -0.0735. The summed E-state index contributed by atoms with van der Waals surface area (Å²) in [5, 5.41) is 12.6. The minimum absolute atomic E-state index is 0.297. The summed E-state index contributed by atoms with van der Waals surface area (Å²) < 4.78 is 1.69. The third kappa shape index (κ3) is 2.98. The van der Waals surface area contributed by atoms with E-state index in [9.17, 15) is 14.7 Å². The molecule has 1 aromatic carbocycles. The van der Waals surface area contributed by atoms with Crippen LogP contribution in [0.4, 0.5) is 0 Å². The summed E-state index contributed by atoms with van der Waals surface area (Å²) in [5.74, 6) is -1.47. The Hall–Kier alpha value is -1.34. The number of amides is 1. The zero-order valence-corrected chi connectivity index (χ0v) is 14.6. The van der Waals surface area contributed by atoms with Crippen molar-refractivity contribution in [2.45, 2.75) is 25.8 Å². The fourth-order valence-electron chi connectivity index (χ4n) is 1.92. The third-order valence-corrected chi connectivity index (χ3v) is 5.38. The van der Waals surface area contributed by atoms with Crippen molar-refractivity contribution in [2.24, 2.45) is 0 Å². The number of carboxylic acids is 1. The second-order valence-electron chi connectivity index (χ2n) is 4.96. The van der Waals surface area contributed by atoms with Crippen LogP contribution in [0.1, 0.15) is 30.6 Å². The molecule has 3 N–H and O–H groups in total. The number of aromatic nitrogens is 1. The molecule has 2 aromatic rings. The summed E-state index contributed by atoms with van der Waals surface area (Å²) in [7, 11) is 0. The predicted octanol–water partition coefficient (Wildman–Crippen LogP) is 3.68. The van der Waals surface area contributed by atoms with Crippen molar-refractivity contribution in [1.29, 1.82) is 0 Å². The second kappa shape index (κ2) is 5.81. The highest BCUT2D eigenvalue weighted by Gasteiger charge is 2.33. The van der Waals surface area contributed by atoms with Crippen molar-refractivity contribution in [1.82, 2.24) is 10.3 Å². The normalized spacial score (nSPS) is 13.9. The first-order chi connectivity index (χ1) is 9.78. The molecule has 0 fully saturated rings. The molecule has 2 rings (SSSR count). The lowest BCUT2D eigenvalue weighted by atomic mass is 9.98. The Bertz CT molecular complexity index is 726. The second-order valence-corrected chi connectivity index (χ2v) is 6.67. The first kappa shape index (κ1) is 16.0. The molecule has 0 saturated carbocycles. The number of nitrogens with one attached hydrogen (secondary N) is 2. The van der Waals surface area contributed by atoms with Crippen molar-refractivity contribution < 1.29 is 14.7 Å². The van der Waals surface area contributed by atoms with E-state index in [1.165, 1.54) is 6.92 Å². The molecule has 1 aromatic heterocycles. The number of carbonyl (C=O) groups is 2. The van der Waals surface area contributed by atoms with Crippen LogP contribution in [-0.2, 0) is 4.79 Å². The number of aromatic amines is 1. The Balaban J connectivity index is 2.41. The first-order valence-corrected chi connectivity index (χ1v) is 7.89. The van der Waals surface area contributed by atoms with Gasteiger partial charge in [-0.15, -0.1) is 0 Å². The summed E-state index contributed by atoms with van der Waals surface area (Å²) in [6, 6.07) is 3.67. The highest BCUT2D eigenvalue weighted by Crippen LogP contribution is 2.30. The standard InChI is InChI=1S/C14H14Br2N2O3/c1-3-14(2,13(20)21)18-12(19)8-6-17-11-5-10(16)9(15)4-7(8)11/h4-6,17H,3H2,1-2H3,(H,18,19)(H,20,21). The largest absolute Gasteiger partial charge is 0.480 e. The van der Waals surface area contributed by atoms with E-state index in [-0.39, 0.29) is 0 Å². The van der Waals surface area contributed by atoms with Crippen LogP contribution in [0.25, 0.3) is 10.9 Å². The fourth-order valence-corrected chi connectivity index (χ4v) is 2.60. The van der Waals surface area contributed by atoms with Gasteiger partial charge in [-0.25, -0.2) is 4.79 Å². The molecule has 112 valence electrons. The van der Waals surface area contributed by atoms with Gasteiger partial charge in [0.25, 0.3) is 5.91 Å². The Morgan fingerprint density at radius 3 is 2.52 bits per heavy atom. The van der Waals surface area contributed by atoms with Gasteiger partial charge in [-0.3, -0.25) is 4.79 Å². The Morgan fingerprint density at radius 1 is 1.33 bits per heavy atom. The molecule has 5 nitrogen and oxygen atoms in total. The molecule has 0 aliphatic rings. The van der Waals surface area contributed by atoms with E-state index < -0.39 is 17.4 Å². The Labute approximate surface area is 138 Å². The maximum absolute atomic E-state index is 12.4. The van der Waals surface area contributed by atoms with Gasteiger partial charge in [0, 0.05) is 26.0 Å². The maximum Gasteiger partial charge on any atom is 0.329 e. The summed E-state index contributed by atoms with van der Waals surface area (Å²) in [4.78, 5) is 26.7. The molecule has 0 aliphatic carbocycles. The van der Waals surface area contributed by atoms with E-state index >= 15 is 0 Å². The zero-order chi connectivity index (χ0) is 15.8. The van der Waals surface area contributed by atoms with Gasteiger partial charge < -0.3 is 15.4 Å². The Kier molecular flexibility index (Phi) is 4.43. The van der Waals surface area contributed by atoms with Crippen LogP contribution in [0.3, 0.4) is 0 Å². The van der Waals surface area contributed by atoms with E-state index in [0.29, 0.717) is 12.0 Å². The lowest BCUT2D eigenvalue weighted by Gasteiger charge is -2.24. The highest BCUT2D eigenvalue weighted by atomic mass is 79.9.